The van der Waals surface area contributed by atoms with Crippen LogP contribution in [0, 0.1) is 5.92 Å². The molecule has 3 aromatic rings. The summed E-state index contributed by atoms with van der Waals surface area (Å²) in [6.45, 7) is 4.21. The monoisotopic (exact) mass is 384 g/mol. The highest BCUT2D eigenvalue weighted by atomic mass is 32.2. The van der Waals surface area contributed by atoms with Gasteiger partial charge in [0.1, 0.15) is 11.0 Å². The van der Waals surface area contributed by atoms with E-state index >= 15 is 0 Å². The molecule has 1 saturated heterocycles. The van der Waals surface area contributed by atoms with Gasteiger partial charge in [0.25, 0.3) is 5.91 Å². The highest BCUT2D eigenvalue weighted by Crippen LogP contribution is 2.42. The van der Waals surface area contributed by atoms with Crippen molar-refractivity contribution in [3.63, 3.8) is 0 Å². The van der Waals surface area contributed by atoms with Crippen LogP contribution in [0.15, 0.2) is 50.8 Å². The largest absolute Gasteiger partial charge is 0.468 e. The number of rotatable bonds is 4. The summed E-state index contributed by atoms with van der Waals surface area (Å²) < 4.78 is 12.5. The summed E-state index contributed by atoms with van der Waals surface area (Å²) in [6, 6.07) is 7.30. The second-order valence-corrected chi connectivity index (χ2v) is 8.27. The minimum atomic E-state index is -0.315. The molecule has 8 heteroatoms. The number of carbonyl (C=O) groups excluding carboxylic acids is 1. The van der Waals surface area contributed by atoms with Gasteiger partial charge in [0, 0.05) is 0 Å². The van der Waals surface area contributed by atoms with Gasteiger partial charge in [-0.25, -0.2) is 0 Å². The van der Waals surface area contributed by atoms with Gasteiger partial charge in [-0.05, 0) is 56.1 Å². The van der Waals surface area contributed by atoms with Crippen molar-refractivity contribution in [3.05, 3.63) is 42.6 Å². The molecule has 7 nitrogen and oxygen atoms in total. The van der Waals surface area contributed by atoms with Crippen molar-refractivity contribution in [2.75, 3.05) is 13.1 Å². The summed E-state index contributed by atoms with van der Waals surface area (Å²) in [6.07, 6.45) is 5.51. The normalized spacial score (nSPS) is 22.3. The van der Waals surface area contributed by atoms with Crippen LogP contribution in [-0.2, 0) is 0 Å². The first-order valence-electron chi connectivity index (χ1n) is 9.20. The van der Waals surface area contributed by atoms with Crippen LogP contribution in [0.2, 0.25) is 0 Å². The first-order chi connectivity index (χ1) is 13.2. The molecule has 140 valence electrons. The van der Waals surface area contributed by atoms with E-state index in [1.54, 1.807) is 24.7 Å². The Morgan fingerprint density at radius 1 is 1.19 bits per heavy atom. The maximum absolute atomic E-state index is 13.2. The maximum atomic E-state index is 13.2. The van der Waals surface area contributed by atoms with Gasteiger partial charge in [-0.1, -0.05) is 18.7 Å². The van der Waals surface area contributed by atoms with Gasteiger partial charge in [0.2, 0.25) is 5.82 Å². The minimum Gasteiger partial charge on any atom is -0.468 e. The molecular weight excluding hydrogens is 364 g/mol. The van der Waals surface area contributed by atoms with Gasteiger partial charge in [-0.15, -0.1) is 5.10 Å². The Morgan fingerprint density at radius 2 is 1.96 bits per heavy atom. The number of furan rings is 2. The highest BCUT2D eigenvalue weighted by Gasteiger charge is 2.44. The van der Waals surface area contributed by atoms with Crippen LogP contribution in [0.3, 0.4) is 0 Å². The van der Waals surface area contributed by atoms with Gasteiger partial charge in [0.05, 0.1) is 18.6 Å². The second kappa shape index (κ2) is 6.69. The van der Waals surface area contributed by atoms with Gasteiger partial charge in [-0.3, -0.25) is 9.69 Å². The molecule has 0 radical (unpaired) electrons. The lowest BCUT2D eigenvalue weighted by Crippen LogP contribution is -2.42. The Morgan fingerprint density at radius 3 is 2.63 bits per heavy atom. The van der Waals surface area contributed by atoms with Gasteiger partial charge >= 0.3 is 0 Å². The number of hydrogen-bond donors (Lipinski definition) is 0. The van der Waals surface area contributed by atoms with E-state index in [4.69, 9.17) is 8.83 Å². The predicted octanol–water partition coefficient (Wildman–Crippen LogP) is 3.72. The Hall–Kier alpha value is -2.32. The van der Waals surface area contributed by atoms with Crippen molar-refractivity contribution < 1.29 is 13.6 Å². The number of likely N-dealkylation sites (tertiary alicyclic amines) is 1. The third-order valence-corrected chi connectivity index (χ3v) is 6.53. The summed E-state index contributed by atoms with van der Waals surface area (Å²) in [7, 11) is 0. The van der Waals surface area contributed by atoms with Crippen LogP contribution in [-0.4, -0.2) is 43.9 Å². The standard InChI is InChI=1S/C19H20N4O3S/c1-12-6-8-22(9-7-12)15(13-4-2-10-25-13)16-18(24)23-19(27-16)20-17(21-23)14-5-3-11-26-14/h2-5,10-12,15-16H,6-9H2,1H3. The topological polar surface area (TPSA) is 77.3 Å². The fourth-order valence-electron chi connectivity index (χ4n) is 3.80. The molecular formula is C19H20N4O3S. The maximum Gasteiger partial charge on any atom is 0.265 e. The van der Waals surface area contributed by atoms with E-state index in [-0.39, 0.29) is 17.2 Å². The molecule has 1 fully saturated rings. The van der Waals surface area contributed by atoms with E-state index in [1.165, 1.54) is 16.4 Å². The van der Waals surface area contributed by atoms with Crippen LogP contribution in [0.25, 0.3) is 11.6 Å². The van der Waals surface area contributed by atoms with Crippen LogP contribution in [0.4, 0.5) is 0 Å². The van der Waals surface area contributed by atoms with Crippen LogP contribution in [0.1, 0.15) is 36.4 Å². The molecule has 0 spiro atoms. The summed E-state index contributed by atoms with van der Waals surface area (Å²) >= 11 is 1.46. The highest BCUT2D eigenvalue weighted by molar-refractivity contribution is 8.00. The predicted molar refractivity (Wildman–Crippen MR) is 99.4 cm³/mol. The molecule has 2 atom stereocenters. The molecule has 5 rings (SSSR count). The SMILES string of the molecule is CC1CCN(C(c2ccco2)C2Sc3nc(-c4ccco4)nn3C2=O)CC1. The van der Waals surface area contributed by atoms with Gasteiger partial charge in [0.15, 0.2) is 10.9 Å². The number of thioether (sulfide) groups is 1. The smallest absolute Gasteiger partial charge is 0.265 e. The van der Waals surface area contributed by atoms with Crippen molar-refractivity contribution in [2.24, 2.45) is 5.92 Å². The summed E-state index contributed by atoms with van der Waals surface area (Å²) in [5, 5.41) is 4.67. The zero-order chi connectivity index (χ0) is 18.4. The average molecular weight is 384 g/mol. The van der Waals surface area contributed by atoms with E-state index in [0.29, 0.717) is 16.7 Å². The number of nitrogens with zero attached hydrogens (tertiary/aromatic N) is 4. The number of fused-ring (bicyclic) bond motifs is 1. The van der Waals surface area contributed by atoms with Crippen LogP contribution < -0.4 is 0 Å². The fraction of sp³-hybridized carbons (Fsp3) is 0.421. The number of piperidine rings is 1. The van der Waals surface area contributed by atoms with Crippen molar-refractivity contribution in [2.45, 2.75) is 36.2 Å². The van der Waals surface area contributed by atoms with E-state index in [1.807, 2.05) is 12.1 Å². The zero-order valence-corrected chi connectivity index (χ0v) is 15.8. The van der Waals surface area contributed by atoms with E-state index < -0.39 is 0 Å². The number of hydrogen-bond acceptors (Lipinski definition) is 7. The molecule has 0 aliphatic carbocycles. The van der Waals surface area contributed by atoms with Gasteiger partial charge < -0.3 is 8.83 Å². The first kappa shape index (κ1) is 16.8. The second-order valence-electron chi connectivity index (χ2n) is 7.16. The molecule has 2 aliphatic heterocycles. The molecule has 0 N–H and O–H groups in total. The van der Waals surface area contributed by atoms with Gasteiger partial charge in [-0.2, -0.15) is 9.67 Å². The molecule has 3 aromatic heterocycles. The molecule has 0 bridgehead atoms. The van der Waals surface area contributed by atoms with Crippen molar-refractivity contribution in [1.29, 1.82) is 0 Å². The molecule has 0 amide bonds. The lowest BCUT2D eigenvalue weighted by atomic mass is 9.96. The van der Waals surface area contributed by atoms with Crippen molar-refractivity contribution >= 4 is 17.7 Å². The molecule has 2 aliphatic rings. The lowest BCUT2D eigenvalue weighted by molar-refractivity contribution is 0.0772. The van der Waals surface area contributed by atoms with E-state index in [2.05, 4.69) is 21.9 Å². The number of aromatic nitrogens is 3. The van der Waals surface area contributed by atoms with Crippen molar-refractivity contribution in [1.82, 2.24) is 19.7 Å². The average Bonchev–Trinajstić information content (AvgIpc) is 3.44. The van der Waals surface area contributed by atoms with Crippen LogP contribution >= 0.6 is 11.8 Å². The zero-order valence-electron chi connectivity index (χ0n) is 14.9. The number of carbonyl (C=O) groups is 1. The molecule has 0 aromatic carbocycles. The van der Waals surface area contributed by atoms with E-state index in [9.17, 15) is 4.79 Å². The molecule has 2 unspecified atom stereocenters. The Kier molecular flexibility index (Phi) is 4.17. The summed E-state index contributed by atoms with van der Waals surface area (Å²) in [4.78, 5) is 20.0. The summed E-state index contributed by atoms with van der Waals surface area (Å²) in [5.41, 5.74) is 0. The Bertz CT molecular complexity index is 926. The lowest BCUT2D eigenvalue weighted by Gasteiger charge is -2.37. The van der Waals surface area contributed by atoms with Crippen LogP contribution in [0.5, 0.6) is 0 Å². The third-order valence-electron chi connectivity index (χ3n) is 5.34. The third kappa shape index (κ3) is 2.93. The minimum absolute atomic E-state index is 0.0553. The van der Waals surface area contributed by atoms with E-state index in [0.717, 1.165) is 37.6 Å². The molecule has 5 heterocycles. The first-order valence-corrected chi connectivity index (χ1v) is 10.1. The Balaban J connectivity index is 1.44. The van der Waals surface area contributed by atoms with Crippen molar-refractivity contribution in [3.8, 4) is 11.6 Å². The molecule has 0 saturated carbocycles. The Labute approximate surface area is 160 Å². The fourth-order valence-corrected chi connectivity index (χ4v) is 5.03. The summed E-state index contributed by atoms with van der Waals surface area (Å²) in [5.74, 6) is 2.50. The quantitative estimate of drug-likeness (QED) is 0.678. The molecule has 27 heavy (non-hydrogen) atoms.